The van der Waals surface area contributed by atoms with E-state index in [2.05, 4.69) is 62.6 Å². The molecule has 28 heavy (non-hydrogen) atoms. The summed E-state index contributed by atoms with van der Waals surface area (Å²) in [6.07, 6.45) is -0.765. The summed E-state index contributed by atoms with van der Waals surface area (Å²) in [5.41, 5.74) is 9.03. The van der Waals surface area contributed by atoms with Crippen molar-refractivity contribution in [3.8, 4) is 0 Å². The molecule has 4 aromatic rings. The summed E-state index contributed by atoms with van der Waals surface area (Å²) in [7, 11) is 0. The zero-order chi connectivity index (χ0) is 19.8. The van der Waals surface area contributed by atoms with Crippen molar-refractivity contribution in [1.82, 2.24) is 9.55 Å². The van der Waals surface area contributed by atoms with Crippen LogP contribution >= 0.6 is 0 Å². The number of imidazole rings is 1. The normalized spacial score (nSPS) is 12.5. The minimum absolute atomic E-state index is 0.686. The number of aliphatic hydroxyl groups is 1. The Bertz CT molecular complexity index is 1140. The van der Waals surface area contributed by atoms with Gasteiger partial charge in [0, 0.05) is 6.54 Å². The fraction of sp³-hybridized carbons (Fsp3) is 0.240. The average Bonchev–Trinajstić information content (AvgIpc) is 3.02. The van der Waals surface area contributed by atoms with E-state index in [4.69, 9.17) is 4.98 Å². The topological polar surface area (TPSA) is 38.0 Å². The molecule has 3 nitrogen and oxygen atoms in total. The van der Waals surface area contributed by atoms with Crippen LogP contribution in [0.25, 0.3) is 11.0 Å². The Labute approximate surface area is 166 Å². The van der Waals surface area contributed by atoms with Crippen molar-refractivity contribution in [3.63, 3.8) is 0 Å². The Hall–Kier alpha value is -2.91. The number of hydrogen-bond acceptors (Lipinski definition) is 2. The first kappa shape index (κ1) is 18.5. The predicted octanol–water partition coefficient (Wildman–Crippen LogP) is 5.40. The summed E-state index contributed by atoms with van der Waals surface area (Å²) in [6.45, 7) is 9.16. The summed E-state index contributed by atoms with van der Waals surface area (Å²) < 4.78 is 2.17. The quantitative estimate of drug-likeness (QED) is 0.522. The predicted molar refractivity (Wildman–Crippen MR) is 115 cm³/mol. The van der Waals surface area contributed by atoms with Crippen molar-refractivity contribution in [2.24, 2.45) is 0 Å². The fourth-order valence-electron chi connectivity index (χ4n) is 3.70. The maximum atomic E-state index is 11.1. The minimum Gasteiger partial charge on any atom is -0.380 e. The van der Waals surface area contributed by atoms with E-state index in [-0.39, 0.29) is 0 Å². The number of aryl methyl sites for hydroxylation is 4. The van der Waals surface area contributed by atoms with Crippen LogP contribution in [-0.4, -0.2) is 14.7 Å². The summed E-state index contributed by atoms with van der Waals surface area (Å²) in [6, 6.07) is 20.6. The molecule has 0 aliphatic heterocycles. The van der Waals surface area contributed by atoms with Gasteiger partial charge in [-0.2, -0.15) is 0 Å². The van der Waals surface area contributed by atoms with Crippen LogP contribution in [0.3, 0.4) is 0 Å². The van der Waals surface area contributed by atoms with Gasteiger partial charge in [-0.3, -0.25) is 0 Å². The van der Waals surface area contributed by atoms with Crippen LogP contribution in [0.4, 0.5) is 0 Å². The average molecular weight is 370 g/mol. The third-order valence-corrected chi connectivity index (χ3v) is 5.59. The van der Waals surface area contributed by atoms with Crippen molar-refractivity contribution in [2.45, 2.75) is 40.3 Å². The van der Waals surface area contributed by atoms with E-state index >= 15 is 0 Å². The fourth-order valence-corrected chi connectivity index (χ4v) is 3.70. The largest absolute Gasteiger partial charge is 0.380 e. The molecule has 0 aliphatic rings. The van der Waals surface area contributed by atoms with Crippen LogP contribution in [-0.2, 0) is 6.54 Å². The van der Waals surface area contributed by atoms with Crippen LogP contribution < -0.4 is 0 Å². The second kappa shape index (κ2) is 7.25. The molecule has 1 atom stereocenters. The highest BCUT2D eigenvalue weighted by Gasteiger charge is 2.21. The first-order chi connectivity index (χ1) is 13.4. The molecule has 3 aromatic carbocycles. The lowest BCUT2D eigenvalue weighted by molar-refractivity contribution is 0.206. The van der Waals surface area contributed by atoms with Gasteiger partial charge in [-0.05, 0) is 67.6 Å². The summed E-state index contributed by atoms with van der Waals surface area (Å²) in [5.74, 6) is 0.687. The Morgan fingerprint density at radius 1 is 0.857 bits per heavy atom. The van der Waals surface area contributed by atoms with E-state index in [1.807, 2.05) is 30.3 Å². The van der Waals surface area contributed by atoms with E-state index in [0.29, 0.717) is 12.4 Å². The summed E-state index contributed by atoms with van der Waals surface area (Å²) >= 11 is 0. The second-order valence-corrected chi connectivity index (χ2v) is 7.72. The molecule has 4 rings (SSSR count). The molecule has 0 spiro atoms. The van der Waals surface area contributed by atoms with E-state index in [9.17, 15) is 5.11 Å². The van der Waals surface area contributed by atoms with Crippen LogP contribution in [0, 0.1) is 27.7 Å². The molecule has 1 heterocycles. The molecular weight excluding hydrogens is 344 g/mol. The molecule has 0 fully saturated rings. The van der Waals surface area contributed by atoms with Crippen molar-refractivity contribution in [3.05, 3.63) is 99.9 Å². The Balaban J connectivity index is 1.91. The van der Waals surface area contributed by atoms with E-state index < -0.39 is 6.10 Å². The molecule has 1 aromatic heterocycles. The smallest absolute Gasteiger partial charge is 0.143 e. The van der Waals surface area contributed by atoms with Gasteiger partial charge in [0.1, 0.15) is 11.9 Å². The van der Waals surface area contributed by atoms with Crippen LogP contribution in [0.5, 0.6) is 0 Å². The molecule has 0 amide bonds. The van der Waals surface area contributed by atoms with Gasteiger partial charge in [-0.25, -0.2) is 4.98 Å². The summed E-state index contributed by atoms with van der Waals surface area (Å²) in [5, 5.41) is 11.1. The second-order valence-electron chi connectivity index (χ2n) is 7.72. The van der Waals surface area contributed by atoms with Gasteiger partial charge in [0.2, 0.25) is 0 Å². The third-order valence-electron chi connectivity index (χ3n) is 5.59. The number of aliphatic hydroxyl groups excluding tert-OH is 1. The molecule has 142 valence electrons. The Morgan fingerprint density at radius 2 is 1.57 bits per heavy atom. The molecule has 1 N–H and O–H groups in total. The van der Waals surface area contributed by atoms with Gasteiger partial charge in [-0.15, -0.1) is 0 Å². The Morgan fingerprint density at radius 3 is 2.32 bits per heavy atom. The van der Waals surface area contributed by atoms with Gasteiger partial charge in [-0.1, -0.05) is 54.1 Å². The maximum Gasteiger partial charge on any atom is 0.143 e. The van der Waals surface area contributed by atoms with E-state index in [0.717, 1.165) is 16.6 Å². The molecule has 0 radical (unpaired) electrons. The van der Waals surface area contributed by atoms with Gasteiger partial charge < -0.3 is 9.67 Å². The first-order valence-corrected chi connectivity index (χ1v) is 9.70. The van der Waals surface area contributed by atoms with Crippen LogP contribution in [0.2, 0.25) is 0 Å². The molecule has 3 heteroatoms. The minimum atomic E-state index is -0.765. The monoisotopic (exact) mass is 370 g/mol. The van der Waals surface area contributed by atoms with Gasteiger partial charge >= 0.3 is 0 Å². The van der Waals surface area contributed by atoms with E-state index in [1.54, 1.807) is 0 Å². The number of aromatic nitrogens is 2. The van der Waals surface area contributed by atoms with Crippen molar-refractivity contribution in [1.29, 1.82) is 0 Å². The van der Waals surface area contributed by atoms with Gasteiger partial charge in [0.15, 0.2) is 0 Å². The number of nitrogens with zero attached hydrogens (tertiary/aromatic N) is 2. The zero-order valence-electron chi connectivity index (χ0n) is 16.9. The SMILES string of the molecule is Cc1ccc(C)c(Cn2c(C(O)c3ccccc3)nc3cc(C)c(C)cc32)c1. The number of hydrogen-bond donors (Lipinski definition) is 1. The lowest BCUT2D eigenvalue weighted by atomic mass is 10.0. The molecule has 0 saturated carbocycles. The highest BCUT2D eigenvalue weighted by atomic mass is 16.3. The summed E-state index contributed by atoms with van der Waals surface area (Å²) in [4.78, 5) is 4.85. The number of benzene rings is 3. The lowest BCUT2D eigenvalue weighted by Crippen LogP contribution is -2.12. The standard InChI is InChI=1S/C25H26N2O/c1-16-10-11-17(2)21(12-16)15-27-23-14-19(4)18(3)13-22(23)26-25(27)24(28)20-8-6-5-7-9-20/h5-14,24,28H,15H2,1-4H3. The molecule has 1 unspecified atom stereocenters. The molecule has 0 aliphatic carbocycles. The van der Waals surface area contributed by atoms with Crippen molar-refractivity contribution >= 4 is 11.0 Å². The Kier molecular flexibility index (Phi) is 4.78. The molecular formula is C25H26N2O. The first-order valence-electron chi connectivity index (χ1n) is 9.70. The molecule has 0 saturated heterocycles. The maximum absolute atomic E-state index is 11.1. The van der Waals surface area contributed by atoms with Crippen molar-refractivity contribution < 1.29 is 5.11 Å². The highest BCUT2D eigenvalue weighted by molar-refractivity contribution is 5.78. The van der Waals surface area contributed by atoms with Gasteiger partial charge in [0.25, 0.3) is 0 Å². The lowest BCUT2D eigenvalue weighted by Gasteiger charge is -2.16. The van der Waals surface area contributed by atoms with Crippen LogP contribution in [0.1, 0.15) is 45.3 Å². The molecule has 0 bridgehead atoms. The van der Waals surface area contributed by atoms with Gasteiger partial charge in [0.05, 0.1) is 11.0 Å². The van der Waals surface area contributed by atoms with Crippen molar-refractivity contribution in [2.75, 3.05) is 0 Å². The highest BCUT2D eigenvalue weighted by Crippen LogP contribution is 2.29. The van der Waals surface area contributed by atoms with E-state index in [1.165, 1.54) is 27.8 Å². The number of rotatable bonds is 4. The zero-order valence-corrected chi connectivity index (χ0v) is 16.9. The van der Waals surface area contributed by atoms with Crippen LogP contribution in [0.15, 0.2) is 60.7 Å². The third kappa shape index (κ3) is 3.34. The number of fused-ring (bicyclic) bond motifs is 1.